The van der Waals surface area contributed by atoms with Crippen LogP contribution in [0.5, 0.6) is 0 Å². The SMILES string of the molecule is CCCC(C)(OCCCN)N(CC)C(C)OCCCN. The number of nitrogens with two attached hydrogens (primary N) is 2. The first kappa shape index (κ1) is 19.8. The van der Waals surface area contributed by atoms with E-state index in [1.807, 2.05) is 0 Å². The topological polar surface area (TPSA) is 73.7 Å². The van der Waals surface area contributed by atoms with Crippen LogP contribution in [0.15, 0.2) is 0 Å². The Balaban J connectivity index is 4.61. The van der Waals surface area contributed by atoms with Crippen molar-refractivity contribution in [1.29, 1.82) is 0 Å². The second-order valence-electron chi connectivity index (χ2n) is 5.31. The molecule has 0 aliphatic carbocycles. The van der Waals surface area contributed by atoms with E-state index in [1.165, 1.54) is 0 Å². The summed E-state index contributed by atoms with van der Waals surface area (Å²) in [6, 6.07) is 0. The molecule has 0 heterocycles. The molecule has 0 aliphatic heterocycles. The summed E-state index contributed by atoms with van der Waals surface area (Å²) in [6.07, 6.45) is 3.86. The molecule has 20 heavy (non-hydrogen) atoms. The summed E-state index contributed by atoms with van der Waals surface area (Å²) in [7, 11) is 0. The van der Waals surface area contributed by atoms with E-state index < -0.39 is 0 Å². The van der Waals surface area contributed by atoms with Crippen LogP contribution in [-0.2, 0) is 9.47 Å². The minimum absolute atomic E-state index is 0.0287. The van der Waals surface area contributed by atoms with Crippen molar-refractivity contribution in [2.24, 2.45) is 11.5 Å². The van der Waals surface area contributed by atoms with Gasteiger partial charge in [-0.25, -0.2) is 0 Å². The summed E-state index contributed by atoms with van der Waals surface area (Å²) in [5.74, 6) is 0. The Bertz CT molecular complexity index is 229. The quantitative estimate of drug-likeness (QED) is 0.400. The highest BCUT2D eigenvalue weighted by atomic mass is 16.5. The summed E-state index contributed by atoms with van der Waals surface area (Å²) < 4.78 is 12.0. The smallest absolute Gasteiger partial charge is 0.120 e. The molecular formula is C15H35N3O2. The molecule has 0 spiro atoms. The predicted octanol–water partition coefficient (Wildman–Crippen LogP) is 1.90. The molecule has 4 N–H and O–H groups in total. The van der Waals surface area contributed by atoms with Crippen molar-refractivity contribution in [2.75, 3.05) is 32.8 Å². The van der Waals surface area contributed by atoms with E-state index >= 15 is 0 Å². The number of ether oxygens (including phenoxy) is 2. The number of nitrogens with zero attached hydrogens (tertiary/aromatic N) is 1. The number of rotatable bonds is 13. The van der Waals surface area contributed by atoms with Gasteiger partial charge >= 0.3 is 0 Å². The Morgan fingerprint density at radius 2 is 1.70 bits per heavy atom. The van der Waals surface area contributed by atoms with Crippen molar-refractivity contribution in [1.82, 2.24) is 4.90 Å². The monoisotopic (exact) mass is 289 g/mol. The molecule has 2 unspecified atom stereocenters. The second kappa shape index (κ2) is 11.5. The molecule has 122 valence electrons. The molecule has 2 atom stereocenters. The summed E-state index contributed by atoms with van der Waals surface area (Å²) in [5, 5.41) is 0. The maximum atomic E-state index is 6.13. The molecule has 0 aromatic carbocycles. The first-order chi connectivity index (χ1) is 9.55. The van der Waals surface area contributed by atoms with Crippen LogP contribution in [0.2, 0.25) is 0 Å². The minimum Gasteiger partial charge on any atom is -0.363 e. The predicted molar refractivity (Wildman–Crippen MR) is 84.4 cm³/mol. The van der Waals surface area contributed by atoms with Crippen molar-refractivity contribution < 1.29 is 9.47 Å². The highest BCUT2D eigenvalue weighted by molar-refractivity contribution is 4.77. The minimum atomic E-state index is -0.291. The third kappa shape index (κ3) is 6.99. The van der Waals surface area contributed by atoms with Crippen LogP contribution in [-0.4, -0.2) is 49.7 Å². The Morgan fingerprint density at radius 1 is 1.10 bits per heavy atom. The van der Waals surface area contributed by atoms with E-state index in [9.17, 15) is 0 Å². The van der Waals surface area contributed by atoms with E-state index in [0.717, 1.165) is 32.2 Å². The third-order valence-electron chi connectivity index (χ3n) is 3.57. The van der Waals surface area contributed by atoms with Gasteiger partial charge in [0, 0.05) is 13.2 Å². The molecule has 0 aromatic rings. The lowest BCUT2D eigenvalue weighted by Crippen LogP contribution is -2.53. The lowest BCUT2D eigenvalue weighted by Gasteiger charge is -2.43. The molecule has 0 amide bonds. The Labute approximate surface area is 125 Å². The number of hydrogen-bond acceptors (Lipinski definition) is 5. The largest absolute Gasteiger partial charge is 0.363 e. The van der Waals surface area contributed by atoms with E-state index in [1.54, 1.807) is 0 Å². The van der Waals surface area contributed by atoms with Gasteiger partial charge in [0.25, 0.3) is 0 Å². The van der Waals surface area contributed by atoms with E-state index in [-0.39, 0.29) is 12.0 Å². The maximum Gasteiger partial charge on any atom is 0.120 e. The van der Waals surface area contributed by atoms with Gasteiger partial charge in [-0.2, -0.15) is 0 Å². The molecule has 0 bridgehead atoms. The molecule has 0 fully saturated rings. The van der Waals surface area contributed by atoms with Gasteiger partial charge in [0.2, 0.25) is 0 Å². The van der Waals surface area contributed by atoms with Crippen molar-refractivity contribution in [3.8, 4) is 0 Å². The Morgan fingerprint density at radius 3 is 2.20 bits per heavy atom. The standard InChI is InChI=1S/C15H35N3O2/c1-5-9-15(4,20-13-8-11-17)18(6-2)14(3)19-12-7-10-16/h14H,5-13,16-17H2,1-4H3. The fraction of sp³-hybridized carbons (Fsp3) is 1.00. The summed E-state index contributed by atoms with van der Waals surface area (Å²) in [4.78, 5) is 2.28. The molecule has 0 saturated carbocycles. The molecule has 0 rings (SSSR count). The zero-order chi connectivity index (χ0) is 15.4. The zero-order valence-corrected chi connectivity index (χ0v) is 13.9. The lowest BCUT2D eigenvalue weighted by molar-refractivity contribution is -0.208. The van der Waals surface area contributed by atoms with Gasteiger partial charge in [0.1, 0.15) is 12.0 Å². The molecule has 0 aliphatic rings. The van der Waals surface area contributed by atoms with Gasteiger partial charge in [0.15, 0.2) is 0 Å². The Hall–Kier alpha value is -0.200. The van der Waals surface area contributed by atoms with Gasteiger partial charge in [0.05, 0.1) is 6.61 Å². The lowest BCUT2D eigenvalue weighted by atomic mass is 10.1. The van der Waals surface area contributed by atoms with Crippen LogP contribution in [0.3, 0.4) is 0 Å². The molecule has 0 radical (unpaired) electrons. The van der Waals surface area contributed by atoms with Crippen LogP contribution in [0.4, 0.5) is 0 Å². The maximum absolute atomic E-state index is 6.13. The van der Waals surface area contributed by atoms with Crippen LogP contribution in [0.1, 0.15) is 53.4 Å². The normalized spacial score (nSPS) is 16.4. The highest BCUT2D eigenvalue weighted by Gasteiger charge is 2.34. The van der Waals surface area contributed by atoms with Gasteiger partial charge in [-0.1, -0.05) is 20.3 Å². The van der Waals surface area contributed by atoms with Crippen molar-refractivity contribution in [3.05, 3.63) is 0 Å². The van der Waals surface area contributed by atoms with Gasteiger partial charge < -0.3 is 20.9 Å². The zero-order valence-electron chi connectivity index (χ0n) is 13.9. The average Bonchev–Trinajstić information content (AvgIpc) is 2.40. The average molecular weight is 289 g/mol. The molecule has 0 saturated heterocycles. The van der Waals surface area contributed by atoms with Gasteiger partial charge in [-0.15, -0.1) is 0 Å². The van der Waals surface area contributed by atoms with E-state index in [0.29, 0.717) is 26.3 Å². The van der Waals surface area contributed by atoms with Crippen LogP contribution in [0.25, 0.3) is 0 Å². The van der Waals surface area contributed by atoms with Crippen molar-refractivity contribution in [2.45, 2.75) is 65.3 Å². The first-order valence-electron chi connectivity index (χ1n) is 7.98. The summed E-state index contributed by atoms with van der Waals surface area (Å²) in [5.41, 5.74) is 10.8. The van der Waals surface area contributed by atoms with E-state index in [2.05, 4.69) is 32.6 Å². The second-order valence-corrected chi connectivity index (χ2v) is 5.31. The molecular weight excluding hydrogens is 254 g/mol. The molecule has 0 aromatic heterocycles. The van der Waals surface area contributed by atoms with Gasteiger partial charge in [-0.3, -0.25) is 4.90 Å². The molecule has 5 heteroatoms. The van der Waals surface area contributed by atoms with Crippen molar-refractivity contribution >= 4 is 0 Å². The first-order valence-corrected chi connectivity index (χ1v) is 7.98. The fourth-order valence-electron chi connectivity index (χ4n) is 2.54. The van der Waals surface area contributed by atoms with Crippen LogP contribution in [0, 0.1) is 0 Å². The van der Waals surface area contributed by atoms with Crippen molar-refractivity contribution in [3.63, 3.8) is 0 Å². The summed E-state index contributed by atoms with van der Waals surface area (Å²) in [6.45, 7) is 12.2. The van der Waals surface area contributed by atoms with Gasteiger partial charge in [-0.05, 0) is 46.2 Å². The third-order valence-corrected chi connectivity index (χ3v) is 3.57. The Kier molecular flexibility index (Phi) is 11.3. The number of hydrogen-bond donors (Lipinski definition) is 2. The molecule has 5 nitrogen and oxygen atoms in total. The fourth-order valence-corrected chi connectivity index (χ4v) is 2.54. The van der Waals surface area contributed by atoms with Crippen LogP contribution >= 0.6 is 0 Å². The van der Waals surface area contributed by atoms with Crippen LogP contribution < -0.4 is 11.5 Å². The summed E-state index contributed by atoms with van der Waals surface area (Å²) >= 11 is 0. The highest BCUT2D eigenvalue weighted by Crippen LogP contribution is 2.26. The van der Waals surface area contributed by atoms with E-state index in [4.69, 9.17) is 20.9 Å².